The summed E-state index contributed by atoms with van der Waals surface area (Å²) in [5, 5.41) is 0. The van der Waals surface area contributed by atoms with Crippen molar-refractivity contribution in [2.45, 2.75) is 56.0 Å². The molecule has 3 aliphatic rings. The van der Waals surface area contributed by atoms with Crippen molar-refractivity contribution in [1.82, 2.24) is 14.7 Å². The molecular formula is C24H33N3O. The number of rotatable bonds is 5. The van der Waals surface area contributed by atoms with E-state index in [1.54, 1.807) is 0 Å². The zero-order chi connectivity index (χ0) is 19.8. The molecule has 1 aromatic rings. The maximum Gasteiger partial charge on any atom is 0.321 e. The summed E-state index contributed by atoms with van der Waals surface area (Å²) in [5.74, 6) is 3.38. The summed E-state index contributed by atoms with van der Waals surface area (Å²) < 4.78 is 0. The highest BCUT2D eigenvalue weighted by molar-refractivity contribution is 5.78. The molecule has 4 heteroatoms. The molecule has 4 rings (SSSR count). The van der Waals surface area contributed by atoms with Crippen molar-refractivity contribution >= 4 is 6.03 Å². The van der Waals surface area contributed by atoms with E-state index in [4.69, 9.17) is 6.42 Å². The van der Waals surface area contributed by atoms with Crippen molar-refractivity contribution in [3.63, 3.8) is 0 Å². The fourth-order valence-corrected chi connectivity index (χ4v) is 5.62. The van der Waals surface area contributed by atoms with Crippen LogP contribution in [0.3, 0.4) is 0 Å². The van der Waals surface area contributed by atoms with Crippen molar-refractivity contribution in [2.24, 2.45) is 5.92 Å². The van der Waals surface area contributed by atoms with Gasteiger partial charge in [-0.3, -0.25) is 4.90 Å². The van der Waals surface area contributed by atoms with E-state index in [1.165, 1.54) is 24.8 Å². The normalized spacial score (nSPS) is 30.7. The highest BCUT2D eigenvalue weighted by Crippen LogP contribution is 2.49. The van der Waals surface area contributed by atoms with Crippen molar-refractivity contribution in [1.29, 1.82) is 0 Å². The highest BCUT2D eigenvalue weighted by Gasteiger charge is 2.54. The molecule has 0 atom stereocenters. The van der Waals surface area contributed by atoms with Gasteiger partial charge in [0.25, 0.3) is 0 Å². The quantitative estimate of drug-likeness (QED) is 0.725. The third-order valence-corrected chi connectivity index (χ3v) is 7.68. The molecule has 28 heavy (non-hydrogen) atoms. The van der Waals surface area contributed by atoms with Crippen LogP contribution in [0, 0.1) is 18.3 Å². The first kappa shape index (κ1) is 19.3. The van der Waals surface area contributed by atoms with Crippen molar-refractivity contribution < 1.29 is 4.79 Å². The molecule has 4 nitrogen and oxygen atoms in total. The summed E-state index contributed by atoms with van der Waals surface area (Å²) in [5.41, 5.74) is 1.40. The van der Waals surface area contributed by atoms with E-state index in [1.807, 2.05) is 4.90 Å². The van der Waals surface area contributed by atoms with Gasteiger partial charge in [0, 0.05) is 18.6 Å². The highest BCUT2D eigenvalue weighted by atomic mass is 16.2. The second-order valence-electron chi connectivity index (χ2n) is 9.27. The molecule has 1 aliphatic heterocycles. The van der Waals surface area contributed by atoms with Crippen molar-refractivity contribution in [3.05, 3.63) is 35.9 Å². The molecule has 0 bridgehead atoms. The van der Waals surface area contributed by atoms with Gasteiger partial charge in [0.1, 0.15) is 0 Å². The summed E-state index contributed by atoms with van der Waals surface area (Å²) >= 11 is 0. The van der Waals surface area contributed by atoms with Crippen molar-refractivity contribution in [2.75, 3.05) is 33.7 Å². The monoisotopic (exact) mass is 379 g/mol. The maximum atomic E-state index is 13.2. The number of amides is 2. The number of hydrogen-bond acceptors (Lipinski definition) is 2. The van der Waals surface area contributed by atoms with Gasteiger partial charge in [0.2, 0.25) is 0 Å². The Morgan fingerprint density at radius 3 is 2.36 bits per heavy atom. The SMILES string of the molecule is C#CCN1CC2(CCC(c3ccccc3)(N(C)C)CC2)N(CC2CCC2)C1=O. The molecule has 3 fully saturated rings. The smallest absolute Gasteiger partial charge is 0.317 e. The Labute approximate surface area is 169 Å². The van der Waals surface area contributed by atoms with E-state index < -0.39 is 0 Å². The molecule has 0 aromatic heterocycles. The Morgan fingerprint density at radius 2 is 1.82 bits per heavy atom. The Balaban J connectivity index is 1.59. The van der Waals surface area contributed by atoms with Crippen LogP contribution in [0.2, 0.25) is 0 Å². The molecule has 0 radical (unpaired) electrons. The van der Waals surface area contributed by atoms with E-state index in [9.17, 15) is 4.79 Å². The summed E-state index contributed by atoms with van der Waals surface area (Å²) in [6, 6.07) is 11.1. The third kappa shape index (κ3) is 3.10. The number of urea groups is 1. The minimum Gasteiger partial charge on any atom is -0.317 e. The zero-order valence-corrected chi connectivity index (χ0v) is 17.4. The molecular weight excluding hydrogens is 346 g/mol. The Bertz CT molecular complexity index is 739. The molecule has 1 spiro atoms. The summed E-state index contributed by atoms with van der Waals surface area (Å²) in [6.07, 6.45) is 13.6. The molecule has 0 N–H and O–H groups in total. The van der Waals surface area contributed by atoms with Crippen LogP contribution >= 0.6 is 0 Å². The fourth-order valence-electron chi connectivity index (χ4n) is 5.62. The predicted molar refractivity (Wildman–Crippen MR) is 113 cm³/mol. The molecule has 0 unspecified atom stereocenters. The minimum atomic E-state index is -0.0438. The number of terminal acetylenes is 1. The van der Waals surface area contributed by atoms with E-state index >= 15 is 0 Å². The summed E-state index contributed by atoms with van der Waals surface area (Å²) in [7, 11) is 4.39. The molecule has 2 aliphatic carbocycles. The molecule has 1 aromatic carbocycles. The van der Waals surface area contributed by atoms with Crippen LogP contribution in [0.1, 0.15) is 50.5 Å². The van der Waals surface area contributed by atoms with Crippen LogP contribution in [0.25, 0.3) is 0 Å². The van der Waals surface area contributed by atoms with Gasteiger partial charge in [-0.2, -0.15) is 0 Å². The fraction of sp³-hybridized carbons (Fsp3) is 0.625. The number of benzene rings is 1. The molecule has 1 saturated heterocycles. The van der Waals surface area contributed by atoms with Gasteiger partial charge < -0.3 is 9.80 Å². The lowest BCUT2D eigenvalue weighted by atomic mass is 9.68. The minimum absolute atomic E-state index is 0.0438. The second-order valence-corrected chi connectivity index (χ2v) is 9.27. The van der Waals surface area contributed by atoms with Gasteiger partial charge in [0.05, 0.1) is 12.1 Å². The largest absolute Gasteiger partial charge is 0.321 e. The van der Waals surface area contributed by atoms with Gasteiger partial charge in [-0.15, -0.1) is 6.42 Å². The predicted octanol–water partition coefficient (Wildman–Crippen LogP) is 3.93. The Morgan fingerprint density at radius 1 is 1.14 bits per heavy atom. The van der Waals surface area contributed by atoms with Gasteiger partial charge in [-0.25, -0.2) is 4.79 Å². The van der Waals surface area contributed by atoms with Crippen LogP contribution in [0.5, 0.6) is 0 Å². The van der Waals surface area contributed by atoms with Gasteiger partial charge >= 0.3 is 6.03 Å². The van der Waals surface area contributed by atoms with Gasteiger partial charge in [-0.1, -0.05) is 42.7 Å². The van der Waals surface area contributed by atoms with Gasteiger partial charge in [0.15, 0.2) is 0 Å². The average molecular weight is 380 g/mol. The number of nitrogens with zero attached hydrogens (tertiary/aromatic N) is 3. The lowest BCUT2D eigenvalue weighted by Gasteiger charge is -2.51. The van der Waals surface area contributed by atoms with E-state index in [0.717, 1.165) is 38.8 Å². The third-order valence-electron chi connectivity index (χ3n) is 7.68. The molecule has 150 valence electrons. The van der Waals surface area contributed by atoms with Crippen LogP contribution in [0.15, 0.2) is 30.3 Å². The molecule has 2 amide bonds. The zero-order valence-electron chi connectivity index (χ0n) is 17.4. The summed E-state index contributed by atoms with van der Waals surface area (Å²) in [6.45, 7) is 2.14. The first-order valence-electron chi connectivity index (χ1n) is 10.7. The number of carbonyl (C=O) groups is 1. The first-order chi connectivity index (χ1) is 13.5. The molecule has 2 saturated carbocycles. The molecule has 1 heterocycles. The van der Waals surface area contributed by atoms with Crippen LogP contribution in [0.4, 0.5) is 4.79 Å². The van der Waals surface area contributed by atoms with E-state index in [-0.39, 0.29) is 17.1 Å². The van der Waals surface area contributed by atoms with E-state index in [0.29, 0.717) is 12.5 Å². The average Bonchev–Trinajstić information content (AvgIpc) is 2.91. The van der Waals surface area contributed by atoms with Gasteiger partial charge in [-0.05, 0) is 64.1 Å². The Hall–Kier alpha value is -1.99. The van der Waals surface area contributed by atoms with Crippen molar-refractivity contribution in [3.8, 4) is 12.3 Å². The standard InChI is InChI=1S/C24H33N3O/c1-4-17-26-19-23(27(22(26)28)18-20-9-8-10-20)13-15-24(16-14-23,25(2)3)21-11-6-5-7-12-21/h1,5-7,11-12,20H,8-10,13-19H2,2-3H3. The Kier molecular flexibility index (Phi) is 5.14. The maximum absolute atomic E-state index is 13.2. The van der Waals surface area contributed by atoms with Crippen LogP contribution in [-0.4, -0.2) is 60.0 Å². The topological polar surface area (TPSA) is 26.8 Å². The van der Waals surface area contributed by atoms with Crippen LogP contribution in [-0.2, 0) is 5.54 Å². The van der Waals surface area contributed by atoms with Crippen LogP contribution < -0.4 is 0 Å². The lowest BCUT2D eigenvalue weighted by molar-refractivity contribution is 0.0161. The number of hydrogen-bond donors (Lipinski definition) is 0. The van der Waals surface area contributed by atoms with E-state index in [2.05, 4.69) is 60.1 Å². The lowest BCUT2D eigenvalue weighted by Crippen LogP contribution is -2.56. The first-order valence-corrected chi connectivity index (χ1v) is 10.7. The second kappa shape index (κ2) is 7.44. The number of carbonyl (C=O) groups excluding carboxylic acids is 1. The summed E-state index contributed by atoms with van der Waals surface area (Å²) in [4.78, 5) is 19.7.